The average Bonchev–Trinajstić information content (AvgIpc) is 3.02. The molecule has 0 amide bonds. The number of hydrogen-bond donors (Lipinski definition) is 1. The number of carboxylic acids is 1. The Morgan fingerprint density at radius 3 is 2.31 bits per heavy atom. The highest BCUT2D eigenvalue weighted by atomic mass is 35.5. The van der Waals surface area contributed by atoms with Gasteiger partial charge in [-0.2, -0.15) is 0 Å². The molecule has 4 rings (SSSR count). The van der Waals surface area contributed by atoms with Gasteiger partial charge >= 0.3 is 5.97 Å². The maximum atomic E-state index is 12.4. The van der Waals surface area contributed by atoms with Crippen LogP contribution in [0.15, 0.2) is 54.6 Å². The Kier molecular flexibility index (Phi) is 13.1. The van der Waals surface area contributed by atoms with E-state index in [-0.39, 0.29) is 12.0 Å². The fourth-order valence-corrected chi connectivity index (χ4v) is 7.53. The van der Waals surface area contributed by atoms with Crippen LogP contribution in [0.4, 0.5) is 0 Å². The molecule has 0 aromatic heterocycles. The normalized spacial score (nSPS) is 18.1. The van der Waals surface area contributed by atoms with Crippen LogP contribution in [-0.4, -0.2) is 24.0 Å². The number of carbonyl (C=O) groups is 1. The Morgan fingerprint density at radius 2 is 1.73 bits per heavy atom. The minimum atomic E-state index is -1.17. The third-order valence-corrected chi connectivity index (χ3v) is 11.0. The van der Waals surface area contributed by atoms with Crippen LogP contribution in [0.25, 0.3) is 0 Å². The molecule has 3 aromatic carbocycles. The fraction of sp³-hybridized carbons (Fsp3) is 0.500. The highest BCUT2D eigenvalue weighted by molar-refractivity contribution is 7.47. The van der Waals surface area contributed by atoms with Crippen molar-refractivity contribution in [1.82, 2.24) is 0 Å². The smallest absolute Gasteiger partial charge is 0.310 e. The van der Waals surface area contributed by atoms with E-state index in [1.165, 1.54) is 27.8 Å². The summed E-state index contributed by atoms with van der Waals surface area (Å²) in [5, 5.41) is 10.9. The van der Waals surface area contributed by atoms with Crippen LogP contribution in [-0.2, 0) is 25.7 Å². The lowest BCUT2D eigenvalue weighted by atomic mass is 9.60. The molecular weight excluding hydrogens is 603 g/mol. The summed E-state index contributed by atoms with van der Waals surface area (Å²) in [4.78, 5) is 12.4. The van der Waals surface area contributed by atoms with Gasteiger partial charge in [-0.05, 0) is 103 Å². The van der Waals surface area contributed by atoms with Crippen molar-refractivity contribution in [3.8, 4) is 5.75 Å². The van der Waals surface area contributed by atoms with Gasteiger partial charge in [-0.25, -0.2) is 0 Å². The van der Waals surface area contributed by atoms with E-state index in [0.29, 0.717) is 24.4 Å². The van der Waals surface area contributed by atoms with Crippen LogP contribution in [0.5, 0.6) is 5.75 Å². The molecule has 1 aliphatic rings. The molecule has 1 fully saturated rings. The van der Waals surface area contributed by atoms with Crippen LogP contribution in [0.2, 0.25) is 5.02 Å². The molecule has 1 heterocycles. The lowest BCUT2D eigenvalue weighted by Crippen LogP contribution is -2.45. The second-order valence-corrected chi connectivity index (χ2v) is 14.6. The number of benzene rings is 3. The highest BCUT2D eigenvalue weighted by Gasteiger charge is 2.48. The van der Waals surface area contributed by atoms with Crippen molar-refractivity contribution in [3.05, 3.63) is 98.6 Å². The van der Waals surface area contributed by atoms with Crippen LogP contribution >= 0.6 is 20.0 Å². The van der Waals surface area contributed by atoms with Crippen LogP contribution < -0.4 is 4.74 Å². The average molecular weight is 655 g/mol. The van der Waals surface area contributed by atoms with Gasteiger partial charge in [0.1, 0.15) is 5.75 Å². The number of carboxylic acid groups (broad SMARTS) is 1. The summed E-state index contributed by atoms with van der Waals surface area (Å²) in [6.07, 6.45) is 2.47. The first-order valence-electron chi connectivity index (χ1n) is 16.2. The number of aryl methyl sites for hydroxylation is 2. The number of hydrogen-bond acceptors (Lipinski definition) is 4. The van der Waals surface area contributed by atoms with E-state index in [4.69, 9.17) is 25.4 Å². The minimum Gasteiger partial charge on any atom is -0.484 e. The number of halogens is 1. The summed E-state index contributed by atoms with van der Waals surface area (Å²) >= 11 is 6.19. The van der Waals surface area contributed by atoms with E-state index in [9.17, 15) is 9.90 Å². The van der Waals surface area contributed by atoms with Crippen LogP contribution in [0.1, 0.15) is 119 Å². The molecule has 45 heavy (non-hydrogen) atoms. The lowest BCUT2D eigenvalue weighted by molar-refractivity contribution is -0.152. The first kappa shape index (κ1) is 37.0. The summed E-state index contributed by atoms with van der Waals surface area (Å²) < 4.78 is 18.3. The zero-order valence-corrected chi connectivity index (χ0v) is 30.4. The van der Waals surface area contributed by atoms with Crippen molar-refractivity contribution in [2.24, 2.45) is 5.41 Å². The van der Waals surface area contributed by atoms with Gasteiger partial charge in [0.25, 0.3) is 0 Å². The number of aliphatic carboxylic acids is 1. The zero-order chi connectivity index (χ0) is 33.5. The maximum absolute atomic E-state index is 12.4. The van der Waals surface area contributed by atoms with Crippen molar-refractivity contribution in [2.45, 2.75) is 106 Å². The monoisotopic (exact) mass is 654 g/mol. The molecule has 0 bridgehead atoms. The van der Waals surface area contributed by atoms with Gasteiger partial charge in [0.2, 0.25) is 8.38 Å². The van der Waals surface area contributed by atoms with Gasteiger partial charge in [-0.3, -0.25) is 4.79 Å². The Morgan fingerprint density at radius 1 is 1.07 bits per heavy atom. The van der Waals surface area contributed by atoms with E-state index in [1.54, 1.807) is 0 Å². The summed E-state index contributed by atoms with van der Waals surface area (Å²) in [5.41, 5.74) is 6.83. The molecule has 246 valence electrons. The highest BCUT2D eigenvalue weighted by Crippen LogP contribution is 2.49. The van der Waals surface area contributed by atoms with E-state index < -0.39 is 25.2 Å². The molecule has 0 saturated carbocycles. The van der Waals surface area contributed by atoms with Gasteiger partial charge < -0.3 is 18.9 Å². The molecule has 1 N–H and O–H groups in total. The van der Waals surface area contributed by atoms with Crippen molar-refractivity contribution < 1.29 is 23.7 Å². The Hall–Kier alpha value is -2.43. The quantitative estimate of drug-likeness (QED) is 0.208. The Balaban J connectivity index is 0.00000271. The molecule has 0 spiro atoms. The molecule has 3 atom stereocenters. The zero-order valence-electron chi connectivity index (χ0n) is 28.8. The second-order valence-electron chi connectivity index (χ2n) is 12.8. The van der Waals surface area contributed by atoms with E-state index >= 15 is 0 Å². The van der Waals surface area contributed by atoms with Gasteiger partial charge in [-0.15, -0.1) is 0 Å². The van der Waals surface area contributed by atoms with Gasteiger partial charge in [0.05, 0.1) is 18.1 Å². The first-order valence-corrected chi connectivity index (χ1v) is 17.9. The molecule has 7 heteroatoms. The molecule has 3 aromatic rings. The third-order valence-electron chi connectivity index (χ3n) is 9.44. The topological polar surface area (TPSA) is 65.0 Å². The van der Waals surface area contributed by atoms with Crippen molar-refractivity contribution in [1.29, 1.82) is 0 Å². The van der Waals surface area contributed by atoms with Gasteiger partial charge in [0, 0.05) is 16.9 Å². The molecule has 1 saturated heterocycles. The number of rotatable bonds is 11. The van der Waals surface area contributed by atoms with E-state index in [1.807, 2.05) is 52.0 Å². The van der Waals surface area contributed by atoms with E-state index in [2.05, 4.69) is 71.9 Å². The molecule has 3 unspecified atom stereocenters. The van der Waals surface area contributed by atoms with Gasteiger partial charge in [0.15, 0.2) is 6.35 Å². The molecule has 1 aliphatic heterocycles. The van der Waals surface area contributed by atoms with Crippen LogP contribution in [0, 0.1) is 19.3 Å². The molecule has 0 aliphatic carbocycles. The molecule has 5 nitrogen and oxygen atoms in total. The minimum absolute atomic E-state index is 0.0412. The predicted molar refractivity (Wildman–Crippen MR) is 188 cm³/mol. The SMILES string of the molecule is CC.CCC(C)(C(=O)O)C(C)(C)c1ccc(Cc2c(C)cc(OCP3OCCC(c4cccc(Cl)c4)O3)cc2C)cc1C(C)C. The fourth-order valence-electron chi connectivity index (χ4n) is 6.06. The lowest BCUT2D eigenvalue weighted by Gasteiger charge is -2.42. The Bertz CT molecular complexity index is 1430. The molecule has 0 radical (unpaired) electrons. The molecular formula is C38H52ClO5P. The number of ether oxygens (including phenoxy) is 1. The third kappa shape index (κ3) is 8.49. The van der Waals surface area contributed by atoms with Crippen LogP contribution in [0.3, 0.4) is 0 Å². The standard InChI is InChI=1S/C36H46ClO5P.C2H6/c1-9-36(8,34(38)39)35(6,7)32-14-13-26(19-30(32)23(2)3)20-31-24(4)17-29(18-25(31)5)40-22-43-41-16-15-33(42-43)27-11-10-12-28(37)21-27;1-2/h10-14,17-19,21,23,33H,9,15-16,20,22H2,1-8H3,(H,38,39);1-2H3. The largest absolute Gasteiger partial charge is 0.484 e. The van der Waals surface area contributed by atoms with Crippen molar-refractivity contribution in [3.63, 3.8) is 0 Å². The van der Waals surface area contributed by atoms with Crippen molar-refractivity contribution in [2.75, 3.05) is 13.0 Å². The maximum Gasteiger partial charge on any atom is 0.310 e. The predicted octanol–water partition coefficient (Wildman–Crippen LogP) is 11.3. The van der Waals surface area contributed by atoms with Crippen molar-refractivity contribution >= 4 is 25.9 Å². The van der Waals surface area contributed by atoms with Gasteiger partial charge in [-0.1, -0.05) is 90.4 Å². The Labute approximate surface area is 277 Å². The van der Waals surface area contributed by atoms with E-state index in [0.717, 1.165) is 29.7 Å². The second kappa shape index (κ2) is 15.9. The summed E-state index contributed by atoms with van der Waals surface area (Å²) in [5.74, 6) is 0.327. The first-order chi connectivity index (χ1) is 21.3. The summed E-state index contributed by atoms with van der Waals surface area (Å²) in [7, 11) is -1.17. The summed E-state index contributed by atoms with van der Waals surface area (Å²) in [6, 6.07) is 18.6. The summed E-state index contributed by atoms with van der Waals surface area (Å²) in [6.45, 7) is 21.2.